The van der Waals surface area contributed by atoms with Crippen LogP contribution in [0.1, 0.15) is 45.6 Å². The first kappa shape index (κ1) is 19.1. The summed E-state index contributed by atoms with van der Waals surface area (Å²) in [5.74, 6) is 0.740. The molecule has 144 valence electrons. The van der Waals surface area contributed by atoms with Gasteiger partial charge in [0.05, 0.1) is 5.56 Å². The van der Waals surface area contributed by atoms with Gasteiger partial charge in [-0.3, -0.25) is 0 Å². The molecule has 26 heavy (non-hydrogen) atoms. The Bertz CT molecular complexity index is 669. The van der Waals surface area contributed by atoms with Gasteiger partial charge in [0.25, 0.3) is 6.43 Å². The lowest BCUT2D eigenvalue weighted by molar-refractivity contribution is 0.0280. The Morgan fingerprint density at radius 3 is 2.46 bits per heavy atom. The number of carbonyl (C=O) groups excluding carboxylic acids is 1. The lowest BCUT2D eigenvalue weighted by atomic mass is 10.0. The lowest BCUT2D eigenvalue weighted by Gasteiger charge is -2.25. The first-order valence-electron chi connectivity index (χ1n) is 8.68. The van der Waals surface area contributed by atoms with Gasteiger partial charge in [0.15, 0.2) is 11.0 Å². The maximum absolute atomic E-state index is 13.2. The number of amides is 1. The van der Waals surface area contributed by atoms with Gasteiger partial charge in [0, 0.05) is 19.1 Å². The summed E-state index contributed by atoms with van der Waals surface area (Å²) < 4.78 is 31.7. The minimum absolute atomic E-state index is 0.0266. The molecule has 1 aliphatic carbocycles. The van der Waals surface area contributed by atoms with Gasteiger partial charge in [-0.1, -0.05) is 11.6 Å². The Balaban J connectivity index is 1.58. The molecule has 0 bridgehead atoms. The molecule has 6 nitrogen and oxygen atoms in total. The fraction of sp³-hybridized carbons (Fsp3) is 0.706. The highest BCUT2D eigenvalue weighted by Crippen LogP contribution is 2.40. The van der Waals surface area contributed by atoms with Gasteiger partial charge in [-0.05, 0) is 51.5 Å². The smallest absolute Gasteiger partial charge is 0.410 e. The number of nitrogens with one attached hydrogen (secondary N) is 1. The van der Waals surface area contributed by atoms with Crippen LogP contribution in [0.15, 0.2) is 6.07 Å². The summed E-state index contributed by atoms with van der Waals surface area (Å²) in [5.41, 5.74) is -0.755. The average Bonchev–Trinajstić information content (AvgIpc) is 3.05. The van der Waals surface area contributed by atoms with Crippen LogP contribution >= 0.6 is 11.6 Å². The zero-order valence-electron chi connectivity index (χ0n) is 15.0. The highest BCUT2D eigenvalue weighted by atomic mass is 35.5. The van der Waals surface area contributed by atoms with Gasteiger partial charge in [-0.25, -0.2) is 13.6 Å². The van der Waals surface area contributed by atoms with Crippen LogP contribution < -0.4 is 5.32 Å². The van der Waals surface area contributed by atoms with Crippen LogP contribution in [0.4, 0.5) is 19.4 Å². The van der Waals surface area contributed by atoms with Crippen molar-refractivity contribution in [1.29, 1.82) is 0 Å². The van der Waals surface area contributed by atoms with Crippen molar-refractivity contribution in [2.75, 3.05) is 18.4 Å². The van der Waals surface area contributed by atoms with Gasteiger partial charge in [0.1, 0.15) is 5.60 Å². The second-order valence-corrected chi connectivity index (χ2v) is 8.38. The third-order valence-electron chi connectivity index (χ3n) is 4.77. The van der Waals surface area contributed by atoms with E-state index in [4.69, 9.17) is 16.3 Å². The molecular formula is C17H23ClF2N4O2. The number of fused-ring (bicyclic) bond motifs is 1. The average molecular weight is 389 g/mol. The molecule has 1 aromatic rings. The first-order chi connectivity index (χ1) is 12.1. The molecule has 1 saturated carbocycles. The molecule has 1 unspecified atom stereocenters. The Morgan fingerprint density at radius 1 is 1.31 bits per heavy atom. The van der Waals surface area contributed by atoms with Crippen LogP contribution in [-0.4, -0.2) is 45.9 Å². The minimum Gasteiger partial charge on any atom is -0.444 e. The van der Waals surface area contributed by atoms with E-state index in [1.165, 1.54) is 0 Å². The lowest BCUT2D eigenvalue weighted by Crippen LogP contribution is -2.36. The van der Waals surface area contributed by atoms with Crippen molar-refractivity contribution in [2.24, 2.45) is 11.8 Å². The van der Waals surface area contributed by atoms with Crippen LogP contribution in [0.5, 0.6) is 0 Å². The number of rotatable bonds is 3. The summed E-state index contributed by atoms with van der Waals surface area (Å²) in [4.78, 5) is 13.9. The summed E-state index contributed by atoms with van der Waals surface area (Å²) >= 11 is 5.66. The SMILES string of the molecule is CC(C)(C)OC(=O)N1CC2C[C@@H](Nc3nnc(Cl)cc3C(F)F)C[C@@H]2C1. The number of carbonyl (C=O) groups is 1. The third-order valence-corrected chi connectivity index (χ3v) is 4.96. The topological polar surface area (TPSA) is 67.3 Å². The van der Waals surface area contributed by atoms with E-state index in [-0.39, 0.29) is 28.7 Å². The van der Waals surface area contributed by atoms with Crippen molar-refractivity contribution < 1.29 is 18.3 Å². The van der Waals surface area contributed by atoms with E-state index in [0.717, 1.165) is 18.9 Å². The Hall–Kier alpha value is -1.70. The van der Waals surface area contributed by atoms with E-state index in [1.807, 2.05) is 20.8 Å². The molecule has 0 aromatic carbocycles. The number of halogens is 3. The summed E-state index contributed by atoms with van der Waals surface area (Å²) in [7, 11) is 0. The third kappa shape index (κ3) is 4.34. The molecule has 3 rings (SSSR count). The van der Waals surface area contributed by atoms with E-state index in [0.29, 0.717) is 24.9 Å². The molecule has 2 aliphatic rings. The van der Waals surface area contributed by atoms with Gasteiger partial charge in [0.2, 0.25) is 0 Å². The fourth-order valence-corrected chi connectivity index (χ4v) is 3.90. The zero-order chi connectivity index (χ0) is 19.1. The van der Waals surface area contributed by atoms with Crippen LogP contribution in [0.25, 0.3) is 0 Å². The first-order valence-corrected chi connectivity index (χ1v) is 9.06. The predicted molar refractivity (Wildman–Crippen MR) is 93.4 cm³/mol. The van der Waals surface area contributed by atoms with Gasteiger partial charge in [-0.2, -0.15) is 0 Å². The minimum atomic E-state index is -2.67. The molecule has 1 aliphatic heterocycles. The quantitative estimate of drug-likeness (QED) is 0.843. The highest BCUT2D eigenvalue weighted by molar-refractivity contribution is 6.29. The summed E-state index contributed by atoms with van der Waals surface area (Å²) in [6.45, 7) is 6.79. The molecule has 1 N–H and O–H groups in total. The van der Waals surface area contributed by atoms with E-state index >= 15 is 0 Å². The Kier molecular flexibility index (Phi) is 5.23. The number of likely N-dealkylation sites (tertiary alicyclic amines) is 1. The molecule has 1 aromatic heterocycles. The number of alkyl halides is 2. The van der Waals surface area contributed by atoms with Crippen LogP contribution in [-0.2, 0) is 4.74 Å². The molecule has 1 amide bonds. The fourth-order valence-electron chi connectivity index (χ4n) is 3.75. The maximum Gasteiger partial charge on any atom is 0.410 e. The molecule has 1 saturated heterocycles. The van der Waals surface area contributed by atoms with Crippen molar-refractivity contribution in [3.8, 4) is 0 Å². The molecule has 9 heteroatoms. The normalized spacial score (nSPS) is 25.5. The second kappa shape index (κ2) is 7.13. The summed E-state index contributed by atoms with van der Waals surface area (Å²) in [5, 5.41) is 10.5. The van der Waals surface area contributed by atoms with Crippen LogP contribution in [0.2, 0.25) is 5.15 Å². The summed E-state index contributed by atoms with van der Waals surface area (Å²) in [6, 6.07) is 1.17. The standard InChI is InChI=1S/C17H23ClF2N4O2/c1-17(2,3)26-16(25)24-7-9-4-11(5-10(9)8-24)21-15-12(14(19)20)6-13(18)22-23-15/h6,9-11,14H,4-5,7-8H2,1-3H3,(H,21,23)/t9-,10?,11+/m1/s1. The van der Waals surface area contributed by atoms with Gasteiger partial charge < -0.3 is 15.0 Å². The van der Waals surface area contributed by atoms with Crippen molar-refractivity contribution in [2.45, 2.75) is 51.7 Å². The van der Waals surface area contributed by atoms with Crippen molar-refractivity contribution in [3.63, 3.8) is 0 Å². The number of anilines is 1. The predicted octanol–water partition coefficient (Wildman–Crippen LogP) is 4.13. The molecule has 0 spiro atoms. The van der Waals surface area contributed by atoms with Gasteiger partial charge in [-0.15, -0.1) is 10.2 Å². The monoisotopic (exact) mass is 388 g/mol. The Labute approximate surface area is 156 Å². The van der Waals surface area contributed by atoms with Crippen LogP contribution in [0.3, 0.4) is 0 Å². The van der Waals surface area contributed by atoms with E-state index in [2.05, 4.69) is 15.5 Å². The van der Waals surface area contributed by atoms with Crippen LogP contribution in [0, 0.1) is 11.8 Å². The Morgan fingerprint density at radius 2 is 1.92 bits per heavy atom. The van der Waals surface area contributed by atoms with Crippen molar-refractivity contribution in [1.82, 2.24) is 15.1 Å². The van der Waals surface area contributed by atoms with E-state index in [1.54, 1.807) is 4.90 Å². The molecule has 2 heterocycles. The van der Waals surface area contributed by atoms with E-state index < -0.39 is 12.0 Å². The van der Waals surface area contributed by atoms with E-state index in [9.17, 15) is 13.6 Å². The van der Waals surface area contributed by atoms with Crippen molar-refractivity contribution in [3.05, 3.63) is 16.8 Å². The molecule has 0 radical (unpaired) electrons. The molecule has 3 atom stereocenters. The number of ether oxygens (including phenoxy) is 1. The number of hydrogen-bond donors (Lipinski definition) is 1. The molecule has 2 fully saturated rings. The zero-order valence-corrected chi connectivity index (χ0v) is 15.8. The number of aromatic nitrogens is 2. The maximum atomic E-state index is 13.2. The largest absolute Gasteiger partial charge is 0.444 e. The van der Waals surface area contributed by atoms with Gasteiger partial charge >= 0.3 is 6.09 Å². The second-order valence-electron chi connectivity index (χ2n) is 7.99. The summed E-state index contributed by atoms with van der Waals surface area (Å²) in [6.07, 6.45) is -1.39. The molecular weight excluding hydrogens is 366 g/mol. The van der Waals surface area contributed by atoms with Crippen molar-refractivity contribution >= 4 is 23.5 Å². The number of nitrogens with zero attached hydrogens (tertiary/aromatic N) is 3. The number of hydrogen-bond acceptors (Lipinski definition) is 5. The highest BCUT2D eigenvalue weighted by Gasteiger charge is 2.43.